The van der Waals surface area contributed by atoms with E-state index in [0.717, 1.165) is 25.1 Å². The van der Waals surface area contributed by atoms with Gasteiger partial charge in [-0.2, -0.15) is 0 Å². The molecule has 1 amide bonds. The average molecular weight is 449 g/mol. The van der Waals surface area contributed by atoms with E-state index in [-0.39, 0.29) is 11.7 Å². The molecule has 172 valence electrons. The number of halogens is 1. The van der Waals surface area contributed by atoms with Crippen molar-refractivity contribution in [2.75, 3.05) is 44.0 Å². The predicted octanol–water partition coefficient (Wildman–Crippen LogP) is 4.22. The van der Waals surface area contributed by atoms with Crippen molar-refractivity contribution in [1.82, 2.24) is 9.88 Å². The lowest BCUT2D eigenvalue weighted by molar-refractivity contribution is 0.0993. The van der Waals surface area contributed by atoms with Crippen molar-refractivity contribution >= 4 is 17.3 Å². The zero-order chi connectivity index (χ0) is 23.4. The van der Waals surface area contributed by atoms with Gasteiger partial charge in [0, 0.05) is 43.6 Å². The van der Waals surface area contributed by atoms with E-state index in [1.54, 1.807) is 43.7 Å². The highest BCUT2D eigenvalue weighted by Crippen LogP contribution is 2.29. The molecule has 33 heavy (non-hydrogen) atoms. The molecule has 1 aliphatic rings. The number of anilines is 2. The van der Waals surface area contributed by atoms with Crippen LogP contribution < -0.4 is 14.5 Å². The van der Waals surface area contributed by atoms with Crippen molar-refractivity contribution in [3.63, 3.8) is 0 Å². The first-order valence-corrected chi connectivity index (χ1v) is 11.0. The van der Waals surface area contributed by atoms with Gasteiger partial charge in [0.15, 0.2) is 0 Å². The minimum Gasteiger partial charge on any atom is -0.487 e. The van der Waals surface area contributed by atoms with E-state index in [9.17, 15) is 9.18 Å². The van der Waals surface area contributed by atoms with Crippen molar-refractivity contribution in [2.45, 2.75) is 19.1 Å². The molecule has 0 bridgehead atoms. The standard InChI is InChI=1S/C26H29FN4O2/c1-29(2)22-12-14-31(17-22)25-11-10-21(15-24(25)27)30(3)26(32)20-8-6-19(7-9-20)18-33-23-5-4-13-28-16-23/h4-11,13,15-16,22H,12,14,17-18H2,1-3H3. The van der Waals surface area contributed by atoms with Crippen LogP contribution in [0.15, 0.2) is 67.0 Å². The van der Waals surface area contributed by atoms with Crippen molar-refractivity contribution in [1.29, 1.82) is 0 Å². The molecule has 1 fully saturated rings. The van der Waals surface area contributed by atoms with E-state index < -0.39 is 0 Å². The second-order valence-electron chi connectivity index (χ2n) is 8.53. The third-order valence-electron chi connectivity index (χ3n) is 6.10. The molecule has 0 spiro atoms. The first kappa shape index (κ1) is 22.7. The van der Waals surface area contributed by atoms with E-state index >= 15 is 0 Å². The van der Waals surface area contributed by atoms with Gasteiger partial charge < -0.3 is 19.4 Å². The molecule has 2 aromatic carbocycles. The fourth-order valence-corrected chi connectivity index (χ4v) is 4.00. The molecule has 0 N–H and O–H groups in total. The van der Waals surface area contributed by atoms with Crippen LogP contribution in [0.3, 0.4) is 0 Å². The monoisotopic (exact) mass is 448 g/mol. The number of ether oxygens (including phenoxy) is 1. The Bertz CT molecular complexity index is 1090. The van der Waals surface area contributed by atoms with Crippen LogP contribution >= 0.6 is 0 Å². The first-order valence-electron chi connectivity index (χ1n) is 11.0. The lowest BCUT2D eigenvalue weighted by Gasteiger charge is -2.23. The Morgan fingerprint density at radius 2 is 1.94 bits per heavy atom. The summed E-state index contributed by atoms with van der Waals surface area (Å²) in [7, 11) is 5.76. The predicted molar refractivity (Wildman–Crippen MR) is 128 cm³/mol. The summed E-state index contributed by atoms with van der Waals surface area (Å²) in [5.41, 5.74) is 2.58. The molecule has 7 heteroatoms. The van der Waals surface area contributed by atoms with Gasteiger partial charge in [0.05, 0.1) is 11.9 Å². The maximum Gasteiger partial charge on any atom is 0.258 e. The van der Waals surface area contributed by atoms with Crippen molar-refractivity contribution < 1.29 is 13.9 Å². The van der Waals surface area contributed by atoms with Gasteiger partial charge in [-0.25, -0.2) is 4.39 Å². The maximum absolute atomic E-state index is 14.9. The van der Waals surface area contributed by atoms with Crippen LogP contribution in [0.25, 0.3) is 0 Å². The summed E-state index contributed by atoms with van der Waals surface area (Å²) in [6.45, 7) is 2.01. The first-order chi connectivity index (χ1) is 15.9. The van der Waals surface area contributed by atoms with Crippen LogP contribution in [0.1, 0.15) is 22.3 Å². The molecule has 0 aliphatic carbocycles. The molecule has 1 unspecified atom stereocenters. The summed E-state index contributed by atoms with van der Waals surface area (Å²) in [6, 6.07) is 16.3. The average Bonchev–Trinajstić information content (AvgIpc) is 3.33. The molecule has 1 atom stereocenters. The summed E-state index contributed by atoms with van der Waals surface area (Å²) in [5.74, 6) is 0.180. The van der Waals surface area contributed by atoms with Crippen LogP contribution in [0.2, 0.25) is 0 Å². The summed E-state index contributed by atoms with van der Waals surface area (Å²) >= 11 is 0. The van der Waals surface area contributed by atoms with Crippen molar-refractivity contribution in [3.8, 4) is 5.75 Å². The third kappa shape index (κ3) is 5.31. The van der Waals surface area contributed by atoms with Crippen molar-refractivity contribution in [3.05, 3.63) is 83.9 Å². The number of hydrogen-bond donors (Lipinski definition) is 0. The molecule has 1 saturated heterocycles. The van der Waals surface area contributed by atoms with E-state index in [4.69, 9.17) is 4.74 Å². The van der Waals surface area contributed by atoms with Crippen LogP contribution in [-0.4, -0.2) is 56.1 Å². The third-order valence-corrected chi connectivity index (χ3v) is 6.10. The Morgan fingerprint density at radius 1 is 1.15 bits per heavy atom. The molecular weight excluding hydrogens is 419 g/mol. The van der Waals surface area contributed by atoms with Gasteiger partial charge >= 0.3 is 0 Å². The van der Waals surface area contributed by atoms with E-state index in [2.05, 4.69) is 28.9 Å². The number of aromatic nitrogens is 1. The Kier molecular flexibility index (Phi) is 6.89. The highest BCUT2D eigenvalue weighted by molar-refractivity contribution is 6.05. The number of carbonyl (C=O) groups is 1. The molecule has 1 aliphatic heterocycles. The summed E-state index contributed by atoms with van der Waals surface area (Å²) in [6.07, 6.45) is 4.35. The van der Waals surface area contributed by atoms with E-state index in [1.807, 2.05) is 24.3 Å². The zero-order valence-electron chi connectivity index (χ0n) is 19.2. The molecule has 4 rings (SSSR count). The van der Waals surface area contributed by atoms with Gasteiger partial charge in [-0.1, -0.05) is 12.1 Å². The lowest BCUT2D eigenvalue weighted by Crippen LogP contribution is -2.31. The summed E-state index contributed by atoms with van der Waals surface area (Å²) in [4.78, 5) is 22.7. The Hall–Kier alpha value is -3.45. The van der Waals surface area contributed by atoms with Gasteiger partial charge in [-0.3, -0.25) is 9.78 Å². The number of benzene rings is 2. The molecule has 6 nitrogen and oxygen atoms in total. The second-order valence-corrected chi connectivity index (χ2v) is 8.53. The number of hydrogen-bond acceptors (Lipinski definition) is 5. The second kappa shape index (κ2) is 10.0. The fraction of sp³-hybridized carbons (Fsp3) is 0.308. The zero-order valence-corrected chi connectivity index (χ0v) is 19.2. The van der Waals surface area contributed by atoms with Crippen LogP contribution in [0.5, 0.6) is 5.75 Å². The molecule has 3 aromatic rings. The van der Waals surface area contributed by atoms with Gasteiger partial charge in [0.2, 0.25) is 0 Å². The van der Waals surface area contributed by atoms with Gasteiger partial charge in [-0.05, 0) is 68.5 Å². The summed E-state index contributed by atoms with van der Waals surface area (Å²) in [5, 5.41) is 0. The highest BCUT2D eigenvalue weighted by Gasteiger charge is 2.26. The minimum atomic E-state index is -0.311. The number of nitrogens with zero attached hydrogens (tertiary/aromatic N) is 4. The Morgan fingerprint density at radius 3 is 2.58 bits per heavy atom. The van der Waals surface area contributed by atoms with Crippen LogP contribution in [0, 0.1) is 5.82 Å². The Labute approximate surface area is 194 Å². The molecular formula is C26H29FN4O2. The normalized spacial score (nSPS) is 15.7. The maximum atomic E-state index is 14.9. The minimum absolute atomic E-state index is 0.198. The number of likely N-dealkylation sites (N-methyl/N-ethyl adjacent to an activating group) is 1. The van der Waals surface area contributed by atoms with E-state index in [1.165, 1.54) is 11.0 Å². The summed E-state index contributed by atoms with van der Waals surface area (Å²) < 4.78 is 20.6. The molecule has 0 saturated carbocycles. The number of carbonyl (C=O) groups excluding carboxylic acids is 1. The molecule has 1 aromatic heterocycles. The van der Waals surface area contributed by atoms with Crippen LogP contribution in [0.4, 0.5) is 15.8 Å². The smallest absolute Gasteiger partial charge is 0.258 e. The van der Waals surface area contributed by atoms with Gasteiger partial charge in [0.25, 0.3) is 5.91 Å². The Balaban J connectivity index is 1.40. The van der Waals surface area contributed by atoms with E-state index in [0.29, 0.717) is 35.3 Å². The largest absolute Gasteiger partial charge is 0.487 e. The SMILES string of the molecule is CN(C(=O)c1ccc(COc2cccnc2)cc1)c1ccc(N2CCC(N(C)C)C2)c(F)c1. The molecule has 2 heterocycles. The topological polar surface area (TPSA) is 48.9 Å². The fourth-order valence-electron chi connectivity index (χ4n) is 4.00. The molecule has 0 radical (unpaired) electrons. The number of rotatable bonds is 7. The van der Waals surface area contributed by atoms with Crippen molar-refractivity contribution in [2.24, 2.45) is 0 Å². The van der Waals surface area contributed by atoms with Gasteiger partial charge in [-0.15, -0.1) is 0 Å². The number of pyridine rings is 1. The highest BCUT2D eigenvalue weighted by atomic mass is 19.1. The van der Waals surface area contributed by atoms with Gasteiger partial charge in [0.1, 0.15) is 18.2 Å². The number of amides is 1. The lowest BCUT2D eigenvalue weighted by atomic mass is 10.1. The van der Waals surface area contributed by atoms with Crippen LogP contribution in [-0.2, 0) is 6.61 Å². The quantitative estimate of drug-likeness (QED) is 0.542.